The number of carbonyl (C=O) groups is 1. The Morgan fingerprint density at radius 1 is 1.41 bits per heavy atom. The number of carboxylic acids is 1. The van der Waals surface area contributed by atoms with Gasteiger partial charge in [0.15, 0.2) is 9.84 Å². The molecule has 0 aliphatic carbocycles. The van der Waals surface area contributed by atoms with Crippen LogP contribution in [0.2, 0.25) is 5.02 Å². The molecule has 6 heteroatoms. The molecular weight excluding hydrogens is 264 g/mol. The second kappa shape index (κ2) is 5.51. The van der Waals surface area contributed by atoms with Crippen molar-refractivity contribution in [3.05, 3.63) is 28.8 Å². The second-order valence-electron chi connectivity index (χ2n) is 3.57. The van der Waals surface area contributed by atoms with E-state index in [-0.39, 0.29) is 4.90 Å². The van der Waals surface area contributed by atoms with Crippen LogP contribution in [0.4, 0.5) is 0 Å². The molecule has 0 atom stereocenters. The summed E-state index contributed by atoms with van der Waals surface area (Å²) in [6, 6.07) is 4.48. The molecule has 0 radical (unpaired) electrons. The van der Waals surface area contributed by atoms with E-state index >= 15 is 0 Å². The zero-order chi connectivity index (χ0) is 13.1. The van der Waals surface area contributed by atoms with Gasteiger partial charge in [0.25, 0.3) is 0 Å². The van der Waals surface area contributed by atoms with E-state index in [4.69, 9.17) is 16.7 Å². The first-order chi connectivity index (χ1) is 7.86. The minimum absolute atomic E-state index is 0.0703. The lowest BCUT2D eigenvalue weighted by Gasteiger charge is -2.06. The Labute approximate surface area is 105 Å². The lowest BCUT2D eigenvalue weighted by molar-refractivity contribution is -0.136. The predicted octanol–water partition coefficient (Wildman–Crippen LogP) is 2.15. The number of rotatable bonds is 5. The van der Waals surface area contributed by atoms with Gasteiger partial charge in [-0.25, -0.2) is 8.42 Å². The van der Waals surface area contributed by atoms with Gasteiger partial charge in [0.2, 0.25) is 0 Å². The van der Waals surface area contributed by atoms with Gasteiger partial charge in [0.1, 0.15) is 0 Å². The standard InChI is InChI=1S/C11H13ClO4S/c1-2-8-3-4-9(7-10(8)12)17(15,16)6-5-11(13)14/h3-4,7H,2,5-6H2,1H3,(H,13,14). The average molecular weight is 277 g/mol. The Morgan fingerprint density at radius 3 is 2.53 bits per heavy atom. The number of aryl methyl sites for hydroxylation is 1. The van der Waals surface area contributed by atoms with Crippen LogP contribution in [-0.2, 0) is 21.1 Å². The van der Waals surface area contributed by atoms with Crippen LogP contribution in [0.5, 0.6) is 0 Å². The molecule has 0 amide bonds. The highest BCUT2D eigenvalue weighted by Gasteiger charge is 2.17. The molecule has 1 rings (SSSR count). The molecule has 1 aromatic carbocycles. The maximum Gasteiger partial charge on any atom is 0.304 e. The molecule has 4 nitrogen and oxygen atoms in total. The number of aliphatic carboxylic acids is 1. The van der Waals surface area contributed by atoms with E-state index in [1.54, 1.807) is 6.07 Å². The van der Waals surface area contributed by atoms with Crippen LogP contribution in [0.15, 0.2) is 23.1 Å². The molecule has 0 fully saturated rings. The van der Waals surface area contributed by atoms with E-state index in [1.807, 2.05) is 6.92 Å². The predicted molar refractivity (Wildman–Crippen MR) is 65.1 cm³/mol. The van der Waals surface area contributed by atoms with Gasteiger partial charge in [0, 0.05) is 5.02 Å². The summed E-state index contributed by atoms with van der Waals surface area (Å²) in [5, 5.41) is 8.86. The fraction of sp³-hybridized carbons (Fsp3) is 0.364. The summed E-state index contributed by atoms with van der Waals surface area (Å²) in [5.41, 5.74) is 0.865. The van der Waals surface area contributed by atoms with Gasteiger partial charge in [-0.15, -0.1) is 0 Å². The van der Waals surface area contributed by atoms with Crippen molar-refractivity contribution >= 4 is 27.4 Å². The molecule has 94 valence electrons. The number of benzene rings is 1. The second-order valence-corrected chi connectivity index (χ2v) is 6.09. The number of carboxylic acid groups (broad SMARTS) is 1. The fourth-order valence-corrected chi connectivity index (χ4v) is 2.98. The van der Waals surface area contributed by atoms with Gasteiger partial charge in [0.05, 0.1) is 17.1 Å². The summed E-state index contributed by atoms with van der Waals surface area (Å²) in [7, 11) is -3.57. The third kappa shape index (κ3) is 3.71. The quantitative estimate of drug-likeness (QED) is 0.894. The van der Waals surface area contributed by atoms with Gasteiger partial charge in [-0.3, -0.25) is 4.79 Å². The van der Waals surface area contributed by atoms with Gasteiger partial charge >= 0.3 is 5.97 Å². The van der Waals surface area contributed by atoms with E-state index < -0.39 is 28.0 Å². The van der Waals surface area contributed by atoms with Crippen molar-refractivity contribution in [2.75, 3.05) is 5.75 Å². The first-order valence-corrected chi connectivity index (χ1v) is 7.13. The van der Waals surface area contributed by atoms with Crippen LogP contribution in [0.3, 0.4) is 0 Å². The van der Waals surface area contributed by atoms with Crippen molar-refractivity contribution in [3.8, 4) is 0 Å². The molecular formula is C11H13ClO4S. The van der Waals surface area contributed by atoms with Crippen molar-refractivity contribution in [1.82, 2.24) is 0 Å². The summed E-state index contributed by atoms with van der Waals surface area (Å²) < 4.78 is 23.5. The zero-order valence-electron chi connectivity index (χ0n) is 9.31. The molecule has 0 aromatic heterocycles. The molecule has 0 spiro atoms. The Kier molecular flexibility index (Phi) is 4.54. The summed E-state index contributed by atoms with van der Waals surface area (Å²) in [5.74, 6) is -1.55. The van der Waals surface area contributed by atoms with E-state index in [0.717, 1.165) is 5.56 Å². The SMILES string of the molecule is CCc1ccc(S(=O)(=O)CCC(=O)O)cc1Cl. The Bertz CT molecular complexity index is 522. The Balaban J connectivity index is 2.99. The van der Waals surface area contributed by atoms with Crippen molar-refractivity contribution in [2.45, 2.75) is 24.7 Å². The van der Waals surface area contributed by atoms with Crippen molar-refractivity contribution in [1.29, 1.82) is 0 Å². The zero-order valence-corrected chi connectivity index (χ0v) is 10.9. The van der Waals surface area contributed by atoms with Crippen LogP contribution in [0.1, 0.15) is 18.9 Å². The molecule has 0 aliphatic heterocycles. The van der Waals surface area contributed by atoms with E-state index in [9.17, 15) is 13.2 Å². The van der Waals surface area contributed by atoms with Crippen LogP contribution in [0.25, 0.3) is 0 Å². The van der Waals surface area contributed by atoms with E-state index in [2.05, 4.69) is 0 Å². The summed E-state index contributed by atoms with van der Waals surface area (Å²) in [6.07, 6.45) is 0.309. The monoisotopic (exact) mass is 276 g/mol. The number of hydrogen-bond donors (Lipinski definition) is 1. The topological polar surface area (TPSA) is 71.4 Å². The van der Waals surface area contributed by atoms with Crippen molar-refractivity contribution in [3.63, 3.8) is 0 Å². The van der Waals surface area contributed by atoms with E-state index in [0.29, 0.717) is 11.4 Å². The minimum atomic E-state index is -3.57. The van der Waals surface area contributed by atoms with Crippen LogP contribution >= 0.6 is 11.6 Å². The Morgan fingerprint density at radius 2 is 2.06 bits per heavy atom. The van der Waals surface area contributed by atoms with Gasteiger partial charge in [-0.05, 0) is 24.1 Å². The maximum absolute atomic E-state index is 11.8. The van der Waals surface area contributed by atoms with Gasteiger partial charge < -0.3 is 5.11 Å². The Hall–Kier alpha value is -1.07. The number of sulfone groups is 1. The lowest BCUT2D eigenvalue weighted by atomic mass is 10.2. The molecule has 1 aromatic rings. The van der Waals surface area contributed by atoms with Gasteiger partial charge in [-0.2, -0.15) is 0 Å². The largest absolute Gasteiger partial charge is 0.481 e. The molecule has 17 heavy (non-hydrogen) atoms. The summed E-state index contributed by atoms with van der Waals surface area (Å²) in [6.45, 7) is 1.92. The van der Waals surface area contributed by atoms with Crippen molar-refractivity contribution < 1.29 is 18.3 Å². The first kappa shape index (κ1) is 14.0. The molecule has 0 heterocycles. The summed E-state index contributed by atoms with van der Waals surface area (Å²) >= 11 is 5.92. The van der Waals surface area contributed by atoms with Crippen molar-refractivity contribution in [2.24, 2.45) is 0 Å². The third-order valence-electron chi connectivity index (χ3n) is 2.35. The maximum atomic E-state index is 11.8. The van der Waals surface area contributed by atoms with Gasteiger partial charge in [-0.1, -0.05) is 24.6 Å². The number of hydrogen-bond acceptors (Lipinski definition) is 3. The molecule has 0 saturated heterocycles. The third-order valence-corrected chi connectivity index (χ3v) is 4.41. The summed E-state index contributed by atoms with van der Waals surface area (Å²) in [4.78, 5) is 10.4. The molecule has 0 saturated carbocycles. The molecule has 1 N–H and O–H groups in total. The minimum Gasteiger partial charge on any atom is -0.481 e. The van der Waals surface area contributed by atoms with Crippen LogP contribution in [0, 0.1) is 0 Å². The molecule has 0 unspecified atom stereocenters. The van der Waals surface area contributed by atoms with E-state index in [1.165, 1.54) is 12.1 Å². The normalized spacial score (nSPS) is 11.4. The highest BCUT2D eigenvalue weighted by Crippen LogP contribution is 2.22. The molecule has 0 aliphatic rings. The fourth-order valence-electron chi connectivity index (χ4n) is 1.35. The molecule has 0 bridgehead atoms. The number of halogens is 1. The first-order valence-electron chi connectivity index (χ1n) is 5.10. The average Bonchev–Trinajstić information content (AvgIpc) is 2.26. The van der Waals surface area contributed by atoms with Crippen LogP contribution in [-0.4, -0.2) is 25.2 Å². The highest BCUT2D eigenvalue weighted by molar-refractivity contribution is 7.91. The lowest BCUT2D eigenvalue weighted by Crippen LogP contribution is -2.11. The highest BCUT2D eigenvalue weighted by atomic mass is 35.5. The smallest absolute Gasteiger partial charge is 0.304 e. The van der Waals surface area contributed by atoms with Crippen LogP contribution < -0.4 is 0 Å².